The molecule has 0 aromatic heterocycles. The van der Waals surface area contributed by atoms with E-state index in [1.807, 2.05) is 31.3 Å². The predicted octanol–water partition coefficient (Wildman–Crippen LogP) is 2.36. The molecule has 0 saturated heterocycles. The van der Waals surface area contributed by atoms with Crippen molar-refractivity contribution in [2.24, 2.45) is 0 Å². The van der Waals surface area contributed by atoms with Gasteiger partial charge in [-0.3, -0.25) is 4.79 Å². The molecule has 0 heterocycles. The second-order valence-electron chi connectivity index (χ2n) is 4.20. The minimum atomic E-state index is -0.320. The highest BCUT2D eigenvalue weighted by molar-refractivity contribution is 6.06. The fourth-order valence-electron chi connectivity index (χ4n) is 1.83. The molecule has 0 saturated carbocycles. The first-order chi connectivity index (χ1) is 9.20. The molecule has 1 amide bonds. The summed E-state index contributed by atoms with van der Waals surface area (Å²) in [5, 5.41) is 15.5. The van der Waals surface area contributed by atoms with Crippen molar-refractivity contribution in [3.8, 4) is 5.75 Å². The number of carbonyl (C=O) groups excluding carboxylic acids is 1. The molecule has 0 aliphatic heterocycles. The summed E-state index contributed by atoms with van der Waals surface area (Å²) < 4.78 is 0. The molecular formula is C15H16N2O2. The van der Waals surface area contributed by atoms with Crippen molar-refractivity contribution in [2.45, 2.75) is 6.54 Å². The summed E-state index contributed by atoms with van der Waals surface area (Å²) in [6, 6.07) is 14.0. The zero-order valence-corrected chi connectivity index (χ0v) is 10.7. The van der Waals surface area contributed by atoms with Crippen molar-refractivity contribution in [2.75, 3.05) is 12.4 Å². The third kappa shape index (κ3) is 3.33. The number of hydrogen-bond donors (Lipinski definition) is 3. The Bertz CT molecular complexity index is 582. The normalized spacial score (nSPS) is 10.2. The number of para-hydroxylation sites is 1. The van der Waals surface area contributed by atoms with Crippen LogP contribution < -0.4 is 10.6 Å². The molecule has 2 rings (SSSR count). The zero-order chi connectivity index (χ0) is 13.7. The van der Waals surface area contributed by atoms with Crippen LogP contribution in [-0.2, 0) is 6.54 Å². The molecule has 4 nitrogen and oxygen atoms in total. The molecule has 0 bridgehead atoms. The molecule has 0 atom stereocenters. The molecule has 0 fully saturated rings. The monoisotopic (exact) mass is 256 g/mol. The van der Waals surface area contributed by atoms with Crippen LogP contribution in [-0.4, -0.2) is 18.1 Å². The van der Waals surface area contributed by atoms with Crippen LogP contribution in [0.1, 0.15) is 15.9 Å². The molecule has 19 heavy (non-hydrogen) atoms. The summed E-state index contributed by atoms with van der Waals surface area (Å²) in [5.41, 5.74) is 2.06. The molecular weight excluding hydrogens is 240 g/mol. The number of rotatable bonds is 4. The van der Waals surface area contributed by atoms with E-state index in [0.717, 1.165) is 12.1 Å². The van der Waals surface area contributed by atoms with Crippen molar-refractivity contribution in [1.82, 2.24) is 5.32 Å². The highest BCUT2D eigenvalue weighted by Crippen LogP contribution is 2.18. The van der Waals surface area contributed by atoms with E-state index < -0.39 is 0 Å². The minimum Gasteiger partial charge on any atom is -0.507 e. The molecule has 98 valence electrons. The second-order valence-corrected chi connectivity index (χ2v) is 4.20. The van der Waals surface area contributed by atoms with Crippen LogP contribution in [0.15, 0.2) is 48.5 Å². The number of anilines is 1. The van der Waals surface area contributed by atoms with Gasteiger partial charge in [0, 0.05) is 12.2 Å². The van der Waals surface area contributed by atoms with Crippen LogP contribution in [0.3, 0.4) is 0 Å². The lowest BCUT2D eigenvalue weighted by Gasteiger charge is -2.08. The molecule has 2 aromatic carbocycles. The Balaban J connectivity index is 2.15. The number of phenols is 1. The Kier molecular flexibility index (Phi) is 4.15. The third-order valence-corrected chi connectivity index (χ3v) is 2.71. The van der Waals surface area contributed by atoms with Gasteiger partial charge in [-0.25, -0.2) is 0 Å². The van der Waals surface area contributed by atoms with E-state index in [0.29, 0.717) is 5.69 Å². The molecule has 0 spiro atoms. The van der Waals surface area contributed by atoms with Crippen molar-refractivity contribution in [3.05, 3.63) is 59.7 Å². The van der Waals surface area contributed by atoms with E-state index >= 15 is 0 Å². The molecule has 0 aliphatic carbocycles. The summed E-state index contributed by atoms with van der Waals surface area (Å²) in [5.74, 6) is -0.342. The van der Waals surface area contributed by atoms with Gasteiger partial charge in [-0.15, -0.1) is 0 Å². The lowest BCUT2D eigenvalue weighted by atomic mass is 10.1. The molecule has 0 aliphatic rings. The number of nitrogens with one attached hydrogen (secondary N) is 2. The van der Waals surface area contributed by atoms with E-state index in [1.54, 1.807) is 18.2 Å². The fourth-order valence-corrected chi connectivity index (χ4v) is 1.83. The summed E-state index contributed by atoms with van der Waals surface area (Å²) in [6.45, 7) is 0.736. The van der Waals surface area contributed by atoms with Crippen LogP contribution in [0.5, 0.6) is 5.75 Å². The summed E-state index contributed by atoms with van der Waals surface area (Å²) in [4.78, 5) is 12.0. The van der Waals surface area contributed by atoms with Crippen molar-refractivity contribution >= 4 is 11.6 Å². The number of hydrogen-bond acceptors (Lipinski definition) is 3. The summed E-state index contributed by atoms with van der Waals surface area (Å²) >= 11 is 0. The zero-order valence-electron chi connectivity index (χ0n) is 10.7. The Morgan fingerprint density at radius 2 is 1.95 bits per heavy atom. The number of aromatic hydroxyl groups is 1. The summed E-state index contributed by atoms with van der Waals surface area (Å²) in [7, 11) is 1.87. The number of carbonyl (C=O) groups is 1. The van der Waals surface area contributed by atoms with Gasteiger partial charge in [0.1, 0.15) is 5.75 Å². The van der Waals surface area contributed by atoms with Crippen molar-refractivity contribution in [3.63, 3.8) is 0 Å². The lowest BCUT2D eigenvalue weighted by molar-refractivity contribution is 0.102. The quantitative estimate of drug-likeness (QED) is 0.787. The predicted molar refractivity (Wildman–Crippen MR) is 75.3 cm³/mol. The van der Waals surface area contributed by atoms with Gasteiger partial charge < -0.3 is 15.7 Å². The van der Waals surface area contributed by atoms with E-state index in [9.17, 15) is 9.90 Å². The van der Waals surface area contributed by atoms with E-state index in [1.165, 1.54) is 6.07 Å². The molecule has 3 N–H and O–H groups in total. The average molecular weight is 256 g/mol. The highest BCUT2D eigenvalue weighted by atomic mass is 16.3. The van der Waals surface area contributed by atoms with E-state index in [-0.39, 0.29) is 17.2 Å². The molecule has 2 aromatic rings. The van der Waals surface area contributed by atoms with Gasteiger partial charge in [0.05, 0.1) is 5.56 Å². The van der Waals surface area contributed by atoms with Gasteiger partial charge in [0.15, 0.2) is 0 Å². The van der Waals surface area contributed by atoms with E-state index in [2.05, 4.69) is 10.6 Å². The number of phenolic OH excluding ortho intramolecular Hbond substituents is 1. The second kappa shape index (κ2) is 6.02. The van der Waals surface area contributed by atoms with Gasteiger partial charge in [-0.2, -0.15) is 0 Å². The van der Waals surface area contributed by atoms with Gasteiger partial charge >= 0.3 is 0 Å². The highest BCUT2D eigenvalue weighted by Gasteiger charge is 2.10. The Labute approximate surface area is 112 Å². The van der Waals surface area contributed by atoms with Crippen LogP contribution in [0.4, 0.5) is 5.69 Å². The van der Waals surface area contributed by atoms with Crippen LogP contribution >= 0.6 is 0 Å². The van der Waals surface area contributed by atoms with Gasteiger partial charge in [-0.05, 0) is 36.9 Å². The van der Waals surface area contributed by atoms with Crippen molar-refractivity contribution in [1.29, 1.82) is 0 Å². The number of amides is 1. The maximum absolute atomic E-state index is 12.0. The van der Waals surface area contributed by atoms with Crippen LogP contribution in [0, 0.1) is 0 Å². The topological polar surface area (TPSA) is 61.4 Å². The Hall–Kier alpha value is -2.33. The summed E-state index contributed by atoms with van der Waals surface area (Å²) in [6.07, 6.45) is 0. The molecule has 4 heteroatoms. The van der Waals surface area contributed by atoms with Crippen LogP contribution in [0.2, 0.25) is 0 Å². The van der Waals surface area contributed by atoms with Crippen LogP contribution in [0.25, 0.3) is 0 Å². The Morgan fingerprint density at radius 1 is 1.16 bits per heavy atom. The third-order valence-electron chi connectivity index (χ3n) is 2.71. The first-order valence-corrected chi connectivity index (χ1v) is 6.03. The van der Waals surface area contributed by atoms with Gasteiger partial charge in [0.2, 0.25) is 0 Å². The number of benzene rings is 2. The molecule has 0 unspecified atom stereocenters. The van der Waals surface area contributed by atoms with Crippen molar-refractivity contribution < 1.29 is 9.90 Å². The maximum atomic E-state index is 12.0. The minimum absolute atomic E-state index is 0.0219. The smallest absolute Gasteiger partial charge is 0.259 e. The SMILES string of the molecule is CNCc1cccc(NC(=O)c2ccccc2O)c1. The lowest BCUT2D eigenvalue weighted by Crippen LogP contribution is -2.12. The average Bonchev–Trinajstić information content (AvgIpc) is 2.40. The Morgan fingerprint density at radius 3 is 2.68 bits per heavy atom. The first-order valence-electron chi connectivity index (χ1n) is 6.03. The largest absolute Gasteiger partial charge is 0.507 e. The molecule has 0 radical (unpaired) electrons. The van der Waals surface area contributed by atoms with E-state index in [4.69, 9.17) is 0 Å². The maximum Gasteiger partial charge on any atom is 0.259 e. The fraction of sp³-hybridized carbons (Fsp3) is 0.133. The van der Waals surface area contributed by atoms with Gasteiger partial charge in [0.25, 0.3) is 5.91 Å². The standard InChI is InChI=1S/C15H16N2O2/c1-16-10-11-5-4-6-12(9-11)17-15(19)13-7-2-3-8-14(13)18/h2-9,16,18H,10H2,1H3,(H,17,19). The first kappa shape index (κ1) is 13.1. The van der Waals surface area contributed by atoms with Gasteiger partial charge in [-0.1, -0.05) is 24.3 Å².